The molecule has 0 spiro atoms. The van der Waals surface area contributed by atoms with E-state index in [-0.39, 0.29) is 0 Å². The van der Waals surface area contributed by atoms with E-state index in [4.69, 9.17) is 0 Å². The molecule has 0 aromatic carbocycles. The highest BCUT2D eigenvalue weighted by Crippen LogP contribution is 2.67. The van der Waals surface area contributed by atoms with Crippen molar-refractivity contribution in [3.05, 3.63) is 0 Å². The minimum atomic E-state index is 0.642. The Labute approximate surface area is 101 Å². The van der Waals surface area contributed by atoms with Crippen LogP contribution in [0.2, 0.25) is 0 Å². The van der Waals surface area contributed by atoms with E-state index < -0.39 is 0 Å². The fourth-order valence-electron chi connectivity index (χ4n) is 5.85. The SMILES string of the molecule is CCC(C)(CC)C12CC3CC(CC(C3)C1)C2. The first-order valence-corrected chi connectivity index (χ1v) is 7.61. The molecule has 4 aliphatic rings. The Bertz CT molecular complexity index is 236. The van der Waals surface area contributed by atoms with Gasteiger partial charge in [0.05, 0.1) is 0 Å². The van der Waals surface area contributed by atoms with Crippen LogP contribution in [0.25, 0.3) is 0 Å². The molecule has 0 radical (unpaired) electrons. The molecule has 0 unspecified atom stereocenters. The minimum absolute atomic E-state index is 0.642. The molecular weight excluding hydrogens is 192 g/mol. The normalized spacial score (nSPS) is 46.3. The molecule has 0 nitrogen and oxygen atoms in total. The summed E-state index contributed by atoms with van der Waals surface area (Å²) in [7, 11) is 0. The van der Waals surface area contributed by atoms with Crippen LogP contribution in [0.4, 0.5) is 0 Å². The molecule has 16 heavy (non-hydrogen) atoms. The molecule has 0 heterocycles. The van der Waals surface area contributed by atoms with E-state index in [1.54, 1.807) is 38.5 Å². The van der Waals surface area contributed by atoms with E-state index in [9.17, 15) is 0 Å². The van der Waals surface area contributed by atoms with Gasteiger partial charge in [-0.05, 0) is 67.1 Å². The lowest BCUT2D eigenvalue weighted by Gasteiger charge is -2.63. The maximum absolute atomic E-state index is 2.60. The second kappa shape index (κ2) is 3.50. The first kappa shape index (κ1) is 11.1. The van der Waals surface area contributed by atoms with Gasteiger partial charge in [0.25, 0.3) is 0 Å². The zero-order chi connectivity index (χ0) is 11.4. The average Bonchev–Trinajstić information content (AvgIpc) is 2.26. The quantitative estimate of drug-likeness (QED) is 0.626. The summed E-state index contributed by atoms with van der Waals surface area (Å²) in [6.45, 7) is 7.46. The van der Waals surface area contributed by atoms with Crippen LogP contribution in [0, 0.1) is 28.6 Å². The lowest BCUT2D eigenvalue weighted by Crippen LogP contribution is -2.53. The molecule has 4 saturated carbocycles. The summed E-state index contributed by atoms with van der Waals surface area (Å²) in [5, 5.41) is 0. The van der Waals surface area contributed by atoms with Crippen molar-refractivity contribution >= 4 is 0 Å². The fourth-order valence-corrected chi connectivity index (χ4v) is 5.85. The van der Waals surface area contributed by atoms with Gasteiger partial charge in [0.2, 0.25) is 0 Å². The molecule has 0 aliphatic heterocycles. The van der Waals surface area contributed by atoms with Crippen LogP contribution in [-0.4, -0.2) is 0 Å². The second-order valence-corrected chi connectivity index (χ2v) is 7.47. The molecule has 0 amide bonds. The fraction of sp³-hybridized carbons (Fsp3) is 1.00. The van der Waals surface area contributed by atoms with Crippen molar-refractivity contribution < 1.29 is 0 Å². The maximum atomic E-state index is 2.60. The zero-order valence-electron chi connectivity index (χ0n) is 11.4. The van der Waals surface area contributed by atoms with Gasteiger partial charge in [0.15, 0.2) is 0 Å². The molecule has 0 aromatic rings. The Morgan fingerprint density at radius 1 is 0.875 bits per heavy atom. The Kier molecular flexibility index (Phi) is 2.43. The van der Waals surface area contributed by atoms with Gasteiger partial charge in [0, 0.05) is 0 Å². The van der Waals surface area contributed by atoms with Gasteiger partial charge >= 0.3 is 0 Å². The molecule has 4 bridgehead atoms. The van der Waals surface area contributed by atoms with E-state index in [1.807, 2.05) is 0 Å². The third kappa shape index (κ3) is 1.34. The van der Waals surface area contributed by atoms with E-state index in [0.717, 1.165) is 23.2 Å². The van der Waals surface area contributed by atoms with Crippen molar-refractivity contribution in [3.8, 4) is 0 Å². The third-order valence-electron chi connectivity index (χ3n) is 6.88. The Balaban J connectivity index is 1.93. The molecule has 0 aromatic heterocycles. The van der Waals surface area contributed by atoms with E-state index >= 15 is 0 Å². The van der Waals surface area contributed by atoms with Crippen LogP contribution >= 0.6 is 0 Å². The van der Waals surface area contributed by atoms with Crippen LogP contribution in [0.3, 0.4) is 0 Å². The zero-order valence-corrected chi connectivity index (χ0v) is 11.4. The van der Waals surface area contributed by atoms with Crippen LogP contribution < -0.4 is 0 Å². The average molecular weight is 220 g/mol. The summed E-state index contributed by atoms with van der Waals surface area (Å²) in [4.78, 5) is 0. The highest BCUT2D eigenvalue weighted by Gasteiger charge is 2.57. The van der Waals surface area contributed by atoms with Crippen LogP contribution in [0.15, 0.2) is 0 Å². The van der Waals surface area contributed by atoms with Gasteiger partial charge in [-0.2, -0.15) is 0 Å². The monoisotopic (exact) mass is 220 g/mol. The predicted molar refractivity (Wildman–Crippen MR) is 69.3 cm³/mol. The van der Waals surface area contributed by atoms with E-state index in [2.05, 4.69) is 20.8 Å². The summed E-state index contributed by atoms with van der Waals surface area (Å²) in [6, 6.07) is 0. The Morgan fingerprint density at radius 3 is 1.56 bits per heavy atom. The molecule has 0 saturated heterocycles. The van der Waals surface area contributed by atoms with Gasteiger partial charge < -0.3 is 0 Å². The molecule has 0 atom stereocenters. The Morgan fingerprint density at radius 2 is 1.25 bits per heavy atom. The van der Waals surface area contributed by atoms with Crippen LogP contribution in [0.5, 0.6) is 0 Å². The van der Waals surface area contributed by atoms with Gasteiger partial charge in [0.1, 0.15) is 0 Å². The van der Waals surface area contributed by atoms with Crippen molar-refractivity contribution in [1.82, 2.24) is 0 Å². The lowest BCUT2D eigenvalue weighted by molar-refractivity contribution is -0.128. The van der Waals surface area contributed by atoms with E-state index in [1.165, 1.54) is 12.8 Å². The molecular formula is C16H28. The molecule has 92 valence electrons. The second-order valence-electron chi connectivity index (χ2n) is 7.47. The van der Waals surface area contributed by atoms with Gasteiger partial charge in [-0.15, -0.1) is 0 Å². The predicted octanol–water partition coefficient (Wildman–Crippen LogP) is 5.03. The smallest absolute Gasteiger partial charge is 0.0236 e. The summed E-state index contributed by atoms with van der Waals surface area (Å²) in [5.41, 5.74) is 1.40. The van der Waals surface area contributed by atoms with Crippen LogP contribution in [-0.2, 0) is 0 Å². The standard InChI is InChI=1S/C16H28/c1-4-15(3,5-2)16-9-12-6-13(10-16)8-14(7-12)11-16/h12-14H,4-11H2,1-3H3. The van der Waals surface area contributed by atoms with Crippen molar-refractivity contribution in [3.63, 3.8) is 0 Å². The van der Waals surface area contributed by atoms with Crippen molar-refractivity contribution in [2.75, 3.05) is 0 Å². The molecule has 0 heteroatoms. The van der Waals surface area contributed by atoms with Crippen LogP contribution in [0.1, 0.15) is 72.1 Å². The number of hydrogen-bond donors (Lipinski definition) is 0. The molecule has 4 rings (SSSR count). The number of rotatable bonds is 3. The van der Waals surface area contributed by atoms with Crippen molar-refractivity contribution in [1.29, 1.82) is 0 Å². The summed E-state index contributed by atoms with van der Waals surface area (Å²) >= 11 is 0. The minimum Gasteiger partial charge on any atom is -0.0648 e. The first-order chi connectivity index (χ1) is 7.61. The Hall–Kier alpha value is 0. The lowest BCUT2D eigenvalue weighted by atomic mass is 9.42. The van der Waals surface area contributed by atoms with Gasteiger partial charge in [-0.3, -0.25) is 0 Å². The maximum Gasteiger partial charge on any atom is -0.0236 e. The summed E-state index contributed by atoms with van der Waals surface area (Å²) in [5.74, 6) is 3.34. The van der Waals surface area contributed by atoms with Crippen molar-refractivity contribution in [2.45, 2.75) is 72.1 Å². The highest BCUT2D eigenvalue weighted by molar-refractivity contribution is 5.07. The van der Waals surface area contributed by atoms with Gasteiger partial charge in [-0.1, -0.05) is 33.6 Å². The van der Waals surface area contributed by atoms with Crippen molar-refractivity contribution in [2.24, 2.45) is 28.6 Å². The third-order valence-corrected chi connectivity index (χ3v) is 6.88. The topological polar surface area (TPSA) is 0 Å². The molecule has 0 N–H and O–H groups in total. The highest BCUT2D eigenvalue weighted by atomic mass is 14.6. The summed E-state index contributed by atoms with van der Waals surface area (Å²) in [6.07, 6.45) is 12.3. The number of hydrogen-bond acceptors (Lipinski definition) is 0. The molecule has 4 aliphatic carbocycles. The summed E-state index contributed by atoms with van der Waals surface area (Å²) < 4.78 is 0. The van der Waals surface area contributed by atoms with E-state index in [0.29, 0.717) is 5.41 Å². The molecule has 4 fully saturated rings. The first-order valence-electron chi connectivity index (χ1n) is 7.61. The largest absolute Gasteiger partial charge is 0.0648 e. The van der Waals surface area contributed by atoms with Gasteiger partial charge in [-0.25, -0.2) is 0 Å².